The van der Waals surface area contributed by atoms with Gasteiger partial charge in [0.1, 0.15) is 0 Å². The largest absolute Gasteiger partial charge is 0.396 e. The number of aliphatic hydroxyl groups excluding tert-OH is 1. The molecule has 0 aromatic carbocycles. The smallest absolute Gasteiger partial charge is 0.0467 e. The Bertz CT molecular complexity index is 136. The summed E-state index contributed by atoms with van der Waals surface area (Å²) in [5, 5.41) is 8.99. The minimum Gasteiger partial charge on any atom is -0.396 e. The van der Waals surface area contributed by atoms with Crippen molar-refractivity contribution >= 4 is 0 Å². The zero-order chi connectivity index (χ0) is 7.61. The van der Waals surface area contributed by atoms with Gasteiger partial charge in [-0.3, -0.25) is 0 Å². The van der Waals surface area contributed by atoms with E-state index >= 15 is 0 Å². The van der Waals surface area contributed by atoms with E-state index in [0.29, 0.717) is 17.9 Å². The molecule has 1 unspecified atom stereocenters. The zero-order valence-electron chi connectivity index (χ0n) is 6.80. The quantitative estimate of drug-likeness (QED) is 0.552. The van der Waals surface area contributed by atoms with E-state index in [1.54, 1.807) is 0 Å². The summed E-state index contributed by atoms with van der Waals surface area (Å²) in [6, 6.07) is 0. The van der Waals surface area contributed by atoms with E-state index in [1.165, 1.54) is 0 Å². The highest BCUT2D eigenvalue weighted by Crippen LogP contribution is 2.36. The highest BCUT2D eigenvalue weighted by Gasteiger charge is 2.28. The lowest BCUT2D eigenvalue weighted by Crippen LogP contribution is -2.28. The standard InChI is InChI=1S/C9H16O/c1-9(2)6-4-3-5-8(9)7-10/h3-4,8,10H,5-7H2,1-2H3. The van der Waals surface area contributed by atoms with Gasteiger partial charge in [-0.25, -0.2) is 0 Å². The first-order valence-electron chi connectivity index (χ1n) is 3.92. The molecular weight excluding hydrogens is 124 g/mol. The molecule has 1 N–H and O–H groups in total. The lowest BCUT2D eigenvalue weighted by Gasteiger charge is -2.34. The van der Waals surface area contributed by atoms with Crippen LogP contribution >= 0.6 is 0 Å². The first-order chi connectivity index (χ1) is 4.67. The van der Waals surface area contributed by atoms with Crippen LogP contribution in [0.25, 0.3) is 0 Å². The van der Waals surface area contributed by atoms with Gasteiger partial charge < -0.3 is 5.11 Å². The van der Waals surface area contributed by atoms with Gasteiger partial charge in [0.2, 0.25) is 0 Å². The number of hydrogen-bond acceptors (Lipinski definition) is 1. The Kier molecular flexibility index (Phi) is 2.14. The summed E-state index contributed by atoms with van der Waals surface area (Å²) in [6.45, 7) is 4.77. The normalized spacial score (nSPS) is 30.5. The Morgan fingerprint density at radius 2 is 2.20 bits per heavy atom. The van der Waals surface area contributed by atoms with Crippen LogP contribution in [-0.2, 0) is 0 Å². The van der Waals surface area contributed by atoms with E-state index in [2.05, 4.69) is 26.0 Å². The minimum atomic E-state index is 0.309. The molecule has 0 aromatic heterocycles. The van der Waals surface area contributed by atoms with Gasteiger partial charge in [-0.05, 0) is 24.2 Å². The molecule has 0 saturated heterocycles. The zero-order valence-corrected chi connectivity index (χ0v) is 6.80. The topological polar surface area (TPSA) is 20.2 Å². The molecule has 0 amide bonds. The van der Waals surface area contributed by atoms with Crippen molar-refractivity contribution in [3.05, 3.63) is 12.2 Å². The van der Waals surface area contributed by atoms with Crippen molar-refractivity contribution < 1.29 is 5.11 Å². The summed E-state index contributed by atoms with van der Waals surface area (Å²) in [4.78, 5) is 0. The van der Waals surface area contributed by atoms with E-state index in [-0.39, 0.29) is 0 Å². The Morgan fingerprint density at radius 1 is 1.50 bits per heavy atom. The molecule has 0 aliphatic heterocycles. The van der Waals surface area contributed by atoms with Crippen molar-refractivity contribution in [2.45, 2.75) is 26.7 Å². The number of allylic oxidation sites excluding steroid dienone is 2. The molecule has 1 heteroatoms. The molecule has 0 heterocycles. The molecule has 0 aromatic rings. The summed E-state index contributed by atoms with van der Waals surface area (Å²) in [5.74, 6) is 0.470. The van der Waals surface area contributed by atoms with Gasteiger partial charge in [-0.2, -0.15) is 0 Å². The van der Waals surface area contributed by atoms with Crippen LogP contribution in [-0.4, -0.2) is 11.7 Å². The van der Waals surface area contributed by atoms with Crippen molar-refractivity contribution in [2.24, 2.45) is 11.3 Å². The van der Waals surface area contributed by atoms with Crippen LogP contribution in [0.1, 0.15) is 26.7 Å². The van der Waals surface area contributed by atoms with E-state index in [0.717, 1.165) is 12.8 Å². The molecule has 0 bridgehead atoms. The summed E-state index contributed by atoms with van der Waals surface area (Å²) in [7, 11) is 0. The van der Waals surface area contributed by atoms with Gasteiger partial charge in [0, 0.05) is 6.61 Å². The maximum atomic E-state index is 8.99. The third kappa shape index (κ3) is 1.40. The second kappa shape index (κ2) is 2.75. The van der Waals surface area contributed by atoms with Crippen LogP contribution in [0.15, 0.2) is 12.2 Å². The first kappa shape index (κ1) is 7.80. The predicted molar refractivity (Wildman–Crippen MR) is 42.7 cm³/mol. The fraction of sp³-hybridized carbons (Fsp3) is 0.778. The summed E-state index contributed by atoms with van der Waals surface area (Å²) < 4.78 is 0. The molecule has 0 fully saturated rings. The molecule has 1 rings (SSSR count). The Hall–Kier alpha value is -0.300. The second-order valence-corrected chi connectivity index (χ2v) is 3.78. The molecule has 1 nitrogen and oxygen atoms in total. The maximum Gasteiger partial charge on any atom is 0.0467 e. The third-order valence-electron chi connectivity index (χ3n) is 2.56. The van der Waals surface area contributed by atoms with Crippen LogP contribution < -0.4 is 0 Å². The highest BCUT2D eigenvalue weighted by molar-refractivity contribution is 4.98. The van der Waals surface area contributed by atoms with Crippen molar-refractivity contribution in [1.82, 2.24) is 0 Å². The van der Waals surface area contributed by atoms with Gasteiger partial charge in [-0.15, -0.1) is 0 Å². The van der Waals surface area contributed by atoms with Gasteiger partial charge in [-0.1, -0.05) is 26.0 Å². The average Bonchev–Trinajstić information content (AvgIpc) is 1.87. The van der Waals surface area contributed by atoms with Crippen molar-refractivity contribution in [1.29, 1.82) is 0 Å². The molecule has 0 saturated carbocycles. The highest BCUT2D eigenvalue weighted by atomic mass is 16.3. The van der Waals surface area contributed by atoms with E-state index in [4.69, 9.17) is 5.11 Å². The molecule has 1 atom stereocenters. The lowest BCUT2D eigenvalue weighted by molar-refractivity contribution is 0.115. The van der Waals surface area contributed by atoms with E-state index < -0.39 is 0 Å². The fourth-order valence-corrected chi connectivity index (χ4v) is 1.45. The Labute approximate surface area is 62.8 Å². The third-order valence-corrected chi connectivity index (χ3v) is 2.56. The number of rotatable bonds is 1. The molecule has 1 aliphatic rings. The van der Waals surface area contributed by atoms with Crippen LogP contribution in [0.5, 0.6) is 0 Å². The molecule has 58 valence electrons. The van der Waals surface area contributed by atoms with Crippen LogP contribution in [0.2, 0.25) is 0 Å². The molecule has 1 aliphatic carbocycles. The van der Waals surface area contributed by atoms with Crippen LogP contribution in [0.4, 0.5) is 0 Å². The Balaban J connectivity index is 2.63. The maximum absolute atomic E-state index is 8.99. The molecular formula is C9H16O. The van der Waals surface area contributed by atoms with Gasteiger partial charge >= 0.3 is 0 Å². The van der Waals surface area contributed by atoms with Crippen LogP contribution in [0, 0.1) is 11.3 Å². The van der Waals surface area contributed by atoms with Gasteiger partial charge in [0.15, 0.2) is 0 Å². The summed E-state index contributed by atoms with van der Waals surface area (Å²) >= 11 is 0. The lowest BCUT2D eigenvalue weighted by atomic mass is 9.72. The predicted octanol–water partition coefficient (Wildman–Crippen LogP) is 1.97. The van der Waals surface area contributed by atoms with Gasteiger partial charge in [0.25, 0.3) is 0 Å². The van der Waals surface area contributed by atoms with Gasteiger partial charge in [0.05, 0.1) is 0 Å². The SMILES string of the molecule is CC1(C)CC=CCC1CO. The monoisotopic (exact) mass is 140 g/mol. The average molecular weight is 140 g/mol. The fourth-order valence-electron chi connectivity index (χ4n) is 1.45. The summed E-state index contributed by atoms with van der Waals surface area (Å²) in [6.07, 6.45) is 6.54. The van der Waals surface area contributed by atoms with Crippen molar-refractivity contribution in [3.8, 4) is 0 Å². The first-order valence-corrected chi connectivity index (χ1v) is 3.92. The van der Waals surface area contributed by atoms with Crippen LogP contribution in [0.3, 0.4) is 0 Å². The van der Waals surface area contributed by atoms with E-state index in [9.17, 15) is 0 Å². The molecule has 0 radical (unpaired) electrons. The summed E-state index contributed by atoms with van der Waals surface area (Å²) in [5.41, 5.74) is 0.309. The van der Waals surface area contributed by atoms with E-state index in [1.807, 2.05) is 0 Å². The van der Waals surface area contributed by atoms with Crippen molar-refractivity contribution in [3.63, 3.8) is 0 Å². The molecule has 0 spiro atoms. The number of hydrogen-bond donors (Lipinski definition) is 1. The molecule has 10 heavy (non-hydrogen) atoms. The minimum absolute atomic E-state index is 0.309. The second-order valence-electron chi connectivity index (χ2n) is 3.78. The Morgan fingerprint density at radius 3 is 2.60 bits per heavy atom. The van der Waals surface area contributed by atoms with Crippen molar-refractivity contribution in [2.75, 3.05) is 6.61 Å². The number of aliphatic hydroxyl groups is 1.